The molecule has 0 N–H and O–H groups in total. The molecule has 3 rings (SSSR count). The van der Waals surface area contributed by atoms with Crippen LogP contribution in [-0.4, -0.2) is 54.0 Å². The predicted molar refractivity (Wildman–Crippen MR) is 88.7 cm³/mol. The molecule has 5 nitrogen and oxygen atoms in total. The standard InChI is InChI=1S/C17H18N2O3S/c1-23-15-4-2-13(3-5-15)16(20)18-7-9-19(10-8-18)17(21)14-6-11-22-12-14/h2-6,11-12H,7-10H2,1H3. The molecular weight excluding hydrogens is 312 g/mol. The maximum atomic E-state index is 12.5. The van der Waals surface area contributed by atoms with E-state index >= 15 is 0 Å². The molecule has 0 saturated carbocycles. The Morgan fingerprint density at radius 1 is 0.913 bits per heavy atom. The minimum atomic E-state index is -0.0461. The Labute approximate surface area is 139 Å². The summed E-state index contributed by atoms with van der Waals surface area (Å²) in [7, 11) is 0. The molecule has 0 unspecified atom stereocenters. The Morgan fingerprint density at radius 3 is 1.96 bits per heavy atom. The maximum Gasteiger partial charge on any atom is 0.257 e. The minimum Gasteiger partial charge on any atom is -0.472 e. The van der Waals surface area contributed by atoms with Gasteiger partial charge in [-0.3, -0.25) is 9.59 Å². The number of carbonyl (C=O) groups is 2. The molecule has 2 amide bonds. The highest BCUT2D eigenvalue weighted by atomic mass is 32.2. The molecule has 1 aliphatic heterocycles. The number of nitrogens with zero attached hydrogens (tertiary/aromatic N) is 2. The molecule has 0 aliphatic carbocycles. The fraction of sp³-hybridized carbons (Fsp3) is 0.294. The number of amides is 2. The predicted octanol–water partition coefficient (Wildman–Crippen LogP) is 2.60. The van der Waals surface area contributed by atoms with Crippen molar-refractivity contribution in [2.75, 3.05) is 32.4 Å². The average Bonchev–Trinajstić information content (AvgIpc) is 3.15. The molecule has 0 atom stereocenters. The van der Waals surface area contributed by atoms with Gasteiger partial charge in [0.15, 0.2) is 0 Å². The largest absolute Gasteiger partial charge is 0.472 e. The van der Waals surface area contributed by atoms with Crippen LogP contribution in [0.2, 0.25) is 0 Å². The van der Waals surface area contributed by atoms with Gasteiger partial charge in [0.05, 0.1) is 11.8 Å². The Hall–Kier alpha value is -2.21. The third-order valence-corrected chi connectivity index (χ3v) is 4.70. The van der Waals surface area contributed by atoms with Crippen LogP contribution in [0, 0.1) is 0 Å². The molecule has 2 heterocycles. The summed E-state index contributed by atoms with van der Waals surface area (Å²) in [6, 6.07) is 9.29. The van der Waals surface area contributed by atoms with E-state index in [-0.39, 0.29) is 11.8 Å². The first-order valence-electron chi connectivity index (χ1n) is 7.44. The summed E-state index contributed by atoms with van der Waals surface area (Å²) in [5.41, 5.74) is 1.25. The molecule has 2 aromatic rings. The number of hydrogen-bond acceptors (Lipinski definition) is 4. The maximum absolute atomic E-state index is 12.5. The normalized spacial score (nSPS) is 14.8. The molecule has 1 aromatic heterocycles. The first-order chi connectivity index (χ1) is 11.2. The Kier molecular flexibility index (Phi) is 4.71. The van der Waals surface area contributed by atoms with E-state index < -0.39 is 0 Å². The molecule has 1 aliphatic rings. The van der Waals surface area contributed by atoms with Gasteiger partial charge in [-0.1, -0.05) is 0 Å². The molecule has 23 heavy (non-hydrogen) atoms. The number of furan rings is 1. The van der Waals surface area contributed by atoms with Crippen molar-refractivity contribution in [2.24, 2.45) is 0 Å². The number of piperazine rings is 1. The Bertz CT molecular complexity index is 674. The van der Waals surface area contributed by atoms with E-state index in [1.165, 1.54) is 12.5 Å². The first kappa shape index (κ1) is 15.7. The summed E-state index contributed by atoms with van der Waals surface area (Å²) in [5.74, 6) is -0.0248. The van der Waals surface area contributed by atoms with Crippen LogP contribution in [0.15, 0.2) is 52.2 Å². The van der Waals surface area contributed by atoms with Gasteiger partial charge in [0.25, 0.3) is 11.8 Å². The number of thioether (sulfide) groups is 1. The van der Waals surface area contributed by atoms with Gasteiger partial charge in [0, 0.05) is 36.6 Å². The van der Waals surface area contributed by atoms with Crippen LogP contribution in [-0.2, 0) is 0 Å². The van der Waals surface area contributed by atoms with E-state index in [1.807, 2.05) is 30.5 Å². The molecule has 1 aromatic carbocycles. The Morgan fingerprint density at radius 2 is 1.48 bits per heavy atom. The molecule has 1 fully saturated rings. The van der Waals surface area contributed by atoms with E-state index in [4.69, 9.17) is 4.42 Å². The van der Waals surface area contributed by atoms with E-state index in [2.05, 4.69) is 0 Å². The van der Waals surface area contributed by atoms with Gasteiger partial charge in [0.1, 0.15) is 6.26 Å². The highest BCUT2D eigenvalue weighted by molar-refractivity contribution is 7.98. The number of benzene rings is 1. The van der Waals surface area contributed by atoms with Crippen molar-refractivity contribution >= 4 is 23.6 Å². The molecule has 6 heteroatoms. The zero-order chi connectivity index (χ0) is 16.2. The summed E-state index contributed by atoms with van der Waals surface area (Å²) in [6.45, 7) is 2.18. The van der Waals surface area contributed by atoms with Gasteiger partial charge < -0.3 is 14.2 Å². The van der Waals surface area contributed by atoms with Gasteiger partial charge in [-0.05, 0) is 36.6 Å². The smallest absolute Gasteiger partial charge is 0.257 e. The van der Waals surface area contributed by atoms with Gasteiger partial charge in [-0.15, -0.1) is 11.8 Å². The molecule has 1 saturated heterocycles. The fourth-order valence-corrected chi connectivity index (χ4v) is 3.01. The lowest BCUT2D eigenvalue weighted by molar-refractivity contribution is 0.0535. The lowest BCUT2D eigenvalue weighted by Gasteiger charge is -2.34. The van der Waals surface area contributed by atoms with Crippen LogP contribution in [0.1, 0.15) is 20.7 Å². The number of rotatable bonds is 3. The highest BCUT2D eigenvalue weighted by Gasteiger charge is 2.25. The van der Waals surface area contributed by atoms with Crippen LogP contribution in [0.4, 0.5) is 0 Å². The lowest BCUT2D eigenvalue weighted by atomic mass is 10.1. The van der Waals surface area contributed by atoms with Crippen LogP contribution in [0.25, 0.3) is 0 Å². The number of hydrogen-bond donors (Lipinski definition) is 0. The highest BCUT2D eigenvalue weighted by Crippen LogP contribution is 2.17. The molecule has 0 radical (unpaired) electrons. The van der Waals surface area contributed by atoms with E-state index in [9.17, 15) is 9.59 Å². The van der Waals surface area contributed by atoms with E-state index in [1.54, 1.807) is 27.6 Å². The lowest BCUT2D eigenvalue weighted by Crippen LogP contribution is -2.50. The quantitative estimate of drug-likeness (QED) is 0.812. The second-order valence-corrected chi connectivity index (χ2v) is 6.20. The van der Waals surface area contributed by atoms with Crippen molar-refractivity contribution < 1.29 is 14.0 Å². The van der Waals surface area contributed by atoms with Crippen LogP contribution in [0.3, 0.4) is 0 Å². The van der Waals surface area contributed by atoms with Crippen LogP contribution in [0.5, 0.6) is 0 Å². The topological polar surface area (TPSA) is 53.8 Å². The van der Waals surface area contributed by atoms with Crippen molar-refractivity contribution in [3.05, 3.63) is 54.0 Å². The summed E-state index contributed by atoms with van der Waals surface area (Å²) >= 11 is 1.65. The molecule has 0 bridgehead atoms. The monoisotopic (exact) mass is 330 g/mol. The summed E-state index contributed by atoms with van der Waals surface area (Å²) < 4.78 is 4.95. The average molecular weight is 330 g/mol. The van der Waals surface area contributed by atoms with Crippen molar-refractivity contribution in [2.45, 2.75) is 4.90 Å². The van der Waals surface area contributed by atoms with Crippen molar-refractivity contribution in [3.8, 4) is 0 Å². The zero-order valence-electron chi connectivity index (χ0n) is 12.9. The summed E-state index contributed by atoms with van der Waals surface area (Å²) in [4.78, 5) is 29.4. The molecular formula is C17H18N2O3S. The van der Waals surface area contributed by atoms with Crippen LogP contribution >= 0.6 is 11.8 Å². The molecule has 0 spiro atoms. The summed E-state index contributed by atoms with van der Waals surface area (Å²) in [5, 5.41) is 0. The zero-order valence-corrected chi connectivity index (χ0v) is 13.7. The third kappa shape index (κ3) is 3.42. The first-order valence-corrected chi connectivity index (χ1v) is 8.66. The number of carbonyl (C=O) groups excluding carboxylic acids is 2. The second kappa shape index (κ2) is 6.91. The van der Waals surface area contributed by atoms with Gasteiger partial charge in [-0.2, -0.15) is 0 Å². The van der Waals surface area contributed by atoms with Crippen LogP contribution < -0.4 is 0 Å². The third-order valence-electron chi connectivity index (χ3n) is 3.96. The SMILES string of the molecule is CSc1ccc(C(=O)N2CCN(C(=O)c3ccoc3)CC2)cc1. The summed E-state index contributed by atoms with van der Waals surface area (Å²) in [6.07, 6.45) is 4.95. The van der Waals surface area contributed by atoms with E-state index in [0.717, 1.165) is 4.90 Å². The Balaban J connectivity index is 1.59. The molecule has 120 valence electrons. The van der Waals surface area contributed by atoms with Crippen molar-refractivity contribution in [1.82, 2.24) is 9.80 Å². The van der Waals surface area contributed by atoms with Gasteiger partial charge in [0.2, 0.25) is 0 Å². The minimum absolute atomic E-state index is 0.0214. The van der Waals surface area contributed by atoms with Gasteiger partial charge in [-0.25, -0.2) is 0 Å². The van der Waals surface area contributed by atoms with E-state index in [0.29, 0.717) is 37.3 Å². The van der Waals surface area contributed by atoms with Crippen molar-refractivity contribution in [3.63, 3.8) is 0 Å². The van der Waals surface area contributed by atoms with Crippen molar-refractivity contribution in [1.29, 1.82) is 0 Å². The second-order valence-electron chi connectivity index (χ2n) is 5.32. The van der Waals surface area contributed by atoms with Gasteiger partial charge >= 0.3 is 0 Å². The fourth-order valence-electron chi connectivity index (χ4n) is 2.60.